The van der Waals surface area contributed by atoms with Crippen molar-refractivity contribution in [2.45, 2.75) is 13.8 Å². The SMILES string of the molecule is CC(=O)c1ccc(NC(=O)/C=C/c2csc(N(C(C)=O)c3ccccc3)n2)cc1. The third-order valence-electron chi connectivity index (χ3n) is 3.99. The topological polar surface area (TPSA) is 79.4 Å². The van der Waals surface area contributed by atoms with E-state index >= 15 is 0 Å². The monoisotopic (exact) mass is 405 g/mol. The van der Waals surface area contributed by atoms with Crippen LogP contribution in [-0.2, 0) is 9.59 Å². The van der Waals surface area contributed by atoms with E-state index in [0.29, 0.717) is 22.1 Å². The number of nitrogens with one attached hydrogen (secondary N) is 1. The van der Waals surface area contributed by atoms with E-state index in [4.69, 9.17) is 0 Å². The molecule has 1 heterocycles. The Morgan fingerprint density at radius 2 is 1.69 bits per heavy atom. The van der Waals surface area contributed by atoms with Crippen molar-refractivity contribution in [2.75, 3.05) is 10.2 Å². The molecule has 29 heavy (non-hydrogen) atoms. The normalized spacial score (nSPS) is 10.7. The molecule has 0 saturated carbocycles. The molecule has 0 radical (unpaired) electrons. The van der Waals surface area contributed by atoms with Crippen LogP contribution in [0.2, 0.25) is 0 Å². The molecular formula is C22H19N3O3S. The van der Waals surface area contributed by atoms with Gasteiger partial charge in [0, 0.05) is 29.6 Å². The number of hydrogen-bond acceptors (Lipinski definition) is 5. The Morgan fingerprint density at radius 1 is 1.00 bits per heavy atom. The number of hydrogen-bond donors (Lipinski definition) is 1. The van der Waals surface area contributed by atoms with Gasteiger partial charge in [0.2, 0.25) is 11.8 Å². The van der Waals surface area contributed by atoms with E-state index in [-0.39, 0.29) is 17.6 Å². The smallest absolute Gasteiger partial charge is 0.248 e. The van der Waals surface area contributed by atoms with Crippen LogP contribution in [-0.4, -0.2) is 22.6 Å². The van der Waals surface area contributed by atoms with E-state index in [9.17, 15) is 14.4 Å². The Bertz CT molecular complexity index is 1060. The van der Waals surface area contributed by atoms with Gasteiger partial charge < -0.3 is 5.32 Å². The third-order valence-corrected chi connectivity index (χ3v) is 4.84. The van der Waals surface area contributed by atoms with Gasteiger partial charge in [0.25, 0.3) is 0 Å². The van der Waals surface area contributed by atoms with Gasteiger partial charge in [-0.25, -0.2) is 4.98 Å². The number of aromatic nitrogens is 1. The van der Waals surface area contributed by atoms with Gasteiger partial charge in [-0.1, -0.05) is 18.2 Å². The maximum Gasteiger partial charge on any atom is 0.248 e. The fourth-order valence-corrected chi connectivity index (χ4v) is 3.45. The van der Waals surface area contributed by atoms with Crippen molar-refractivity contribution in [1.29, 1.82) is 0 Å². The lowest BCUT2D eigenvalue weighted by Gasteiger charge is -2.17. The summed E-state index contributed by atoms with van der Waals surface area (Å²) in [6.07, 6.45) is 2.96. The summed E-state index contributed by atoms with van der Waals surface area (Å²) in [7, 11) is 0. The van der Waals surface area contributed by atoms with E-state index in [0.717, 1.165) is 5.69 Å². The largest absolute Gasteiger partial charge is 0.323 e. The summed E-state index contributed by atoms with van der Waals surface area (Å²) in [5.74, 6) is -0.494. The number of Topliss-reactive ketones (excluding diaryl/α,β-unsaturated/α-hetero) is 1. The van der Waals surface area contributed by atoms with Gasteiger partial charge in [0.05, 0.1) is 11.4 Å². The highest BCUT2D eigenvalue weighted by atomic mass is 32.1. The van der Waals surface area contributed by atoms with Crippen LogP contribution in [0.3, 0.4) is 0 Å². The molecule has 6 nitrogen and oxygen atoms in total. The number of rotatable bonds is 6. The van der Waals surface area contributed by atoms with E-state index in [1.54, 1.807) is 35.7 Å². The molecule has 0 aliphatic carbocycles. The third kappa shape index (κ3) is 5.24. The minimum Gasteiger partial charge on any atom is -0.323 e. The summed E-state index contributed by atoms with van der Waals surface area (Å²) in [4.78, 5) is 41.5. The summed E-state index contributed by atoms with van der Waals surface area (Å²) in [6, 6.07) is 15.9. The highest BCUT2D eigenvalue weighted by molar-refractivity contribution is 7.14. The molecule has 146 valence electrons. The van der Waals surface area contributed by atoms with Crippen molar-refractivity contribution in [1.82, 2.24) is 4.98 Å². The molecule has 0 aliphatic heterocycles. The van der Waals surface area contributed by atoms with Crippen molar-refractivity contribution < 1.29 is 14.4 Å². The zero-order valence-corrected chi connectivity index (χ0v) is 16.8. The molecule has 2 amide bonds. The molecular weight excluding hydrogens is 386 g/mol. The second-order valence-electron chi connectivity index (χ2n) is 6.20. The summed E-state index contributed by atoms with van der Waals surface area (Å²) in [6.45, 7) is 2.97. The molecule has 3 aromatic rings. The van der Waals surface area contributed by atoms with Gasteiger partial charge >= 0.3 is 0 Å². The average Bonchev–Trinajstić information content (AvgIpc) is 3.16. The van der Waals surface area contributed by atoms with Gasteiger partial charge in [-0.3, -0.25) is 19.3 Å². The van der Waals surface area contributed by atoms with Gasteiger partial charge in [-0.2, -0.15) is 0 Å². The molecule has 0 spiro atoms. The average molecular weight is 405 g/mol. The molecule has 2 aromatic carbocycles. The number of ketones is 1. The molecule has 1 N–H and O–H groups in total. The van der Waals surface area contributed by atoms with E-state index in [1.165, 1.54) is 36.2 Å². The summed E-state index contributed by atoms with van der Waals surface area (Å²) in [5.41, 5.74) is 2.49. The molecule has 3 rings (SSSR count). The molecule has 7 heteroatoms. The second kappa shape index (κ2) is 9.07. The Kier molecular flexibility index (Phi) is 6.31. The lowest BCUT2D eigenvalue weighted by Crippen LogP contribution is -2.22. The fourth-order valence-electron chi connectivity index (χ4n) is 2.59. The van der Waals surface area contributed by atoms with Crippen LogP contribution in [0.25, 0.3) is 6.08 Å². The van der Waals surface area contributed by atoms with Crippen molar-refractivity contribution in [3.05, 3.63) is 77.3 Å². The van der Waals surface area contributed by atoms with Gasteiger partial charge in [0.15, 0.2) is 10.9 Å². The highest BCUT2D eigenvalue weighted by Crippen LogP contribution is 2.29. The number of nitrogens with zero attached hydrogens (tertiary/aromatic N) is 2. The van der Waals surface area contributed by atoms with E-state index in [2.05, 4.69) is 10.3 Å². The molecule has 0 aliphatic rings. The number of anilines is 3. The van der Waals surface area contributed by atoms with Crippen molar-refractivity contribution in [3.8, 4) is 0 Å². The molecule has 0 saturated heterocycles. The van der Waals surface area contributed by atoms with Crippen LogP contribution in [0.1, 0.15) is 29.9 Å². The maximum atomic E-state index is 12.1. The van der Waals surface area contributed by atoms with Crippen molar-refractivity contribution in [2.24, 2.45) is 0 Å². The summed E-state index contributed by atoms with van der Waals surface area (Å²) < 4.78 is 0. The second-order valence-corrected chi connectivity index (χ2v) is 7.04. The van der Waals surface area contributed by atoms with Crippen molar-refractivity contribution >= 4 is 51.5 Å². The first-order valence-electron chi connectivity index (χ1n) is 8.85. The molecule has 0 fully saturated rings. The minimum absolute atomic E-state index is 0.0304. The number of para-hydroxylation sites is 1. The van der Waals surface area contributed by atoms with Crippen LogP contribution < -0.4 is 10.2 Å². The zero-order chi connectivity index (χ0) is 20.8. The molecule has 0 unspecified atom stereocenters. The Balaban J connectivity index is 1.68. The number of carbonyl (C=O) groups excluding carboxylic acids is 3. The zero-order valence-electron chi connectivity index (χ0n) is 16.0. The van der Waals surface area contributed by atoms with Gasteiger partial charge in [0.1, 0.15) is 0 Å². The molecule has 0 bridgehead atoms. The van der Waals surface area contributed by atoms with E-state index < -0.39 is 0 Å². The highest BCUT2D eigenvalue weighted by Gasteiger charge is 2.17. The first-order chi connectivity index (χ1) is 13.9. The number of amides is 2. The molecule has 0 atom stereocenters. The maximum absolute atomic E-state index is 12.1. The van der Waals surface area contributed by atoms with Crippen LogP contribution in [0.15, 0.2) is 66.1 Å². The Labute approximate surface area is 172 Å². The van der Waals surface area contributed by atoms with Gasteiger partial charge in [-0.05, 0) is 49.4 Å². The Morgan fingerprint density at radius 3 is 2.31 bits per heavy atom. The summed E-state index contributed by atoms with van der Waals surface area (Å²) >= 11 is 1.32. The van der Waals surface area contributed by atoms with Crippen LogP contribution in [0, 0.1) is 0 Å². The molecule has 1 aromatic heterocycles. The lowest BCUT2D eigenvalue weighted by molar-refractivity contribution is -0.116. The van der Waals surface area contributed by atoms with Crippen LogP contribution in [0.4, 0.5) is 16.5 Å². The predicted octanol–water partition coefficient (Wildman–Crippen LogP) is 4.68. The van der Waals surface area contributed by atoms with Crippen LogP contribution >= 0.6 is 11.3 Å². The quantitative estimate of drug-likeness (QED) is 0.477. The predicted molar refractivity (Wildman–Crippen MR) is 115 cm³/mol. The first-order valence-corrected chi connectivity index (χ1v) is 9.73. The lowest BCUT2D eigenvalue weighted by atomic mass is 10.1. The number of thiazole rings is 1. The number of benzene rings is 2. The standard InChI is InChI=1S/C22H19N3O3S/c1-15(26)17-8-10-18(11-9-17)23-21(28)13-12-19-14-29-22(24-19)25(16(2)27)20-6-4-3-5-7-20/h3-14H,1-2H3,(H,23,28)/b13-12+. The van der Waals surface area contributed by atoms with Crippen molar-refractivity contribution in [3.63, 3.8) is 0 Å². The van der Waals surface area contributed by atoms with Crippen LogP contribution in [0.5, 0.6) is 0 Å². The minimum atomic E-state index is -0.318. The van der Waals surface area contributed by atoms with E-state index in [1.807, 2.05) is 30.3 Å². The fraction of sp³-hybridized carbons (Fsp3) is 0.0909. The Hall–Kier alpha value is -3.58. The number of carbonyl (C=O) groups is 3. The first kappa shape index (κ1) is 20.2. The summed E-state index contributed by atoms with van der Waals surface area (Å²) in [5, 5.41) is 5.03. The van der Waals surface area contributed by atoms with Gasteiger partial charge in [-0.15, -0.1) is 11.3 Å².